The van der Waals surface area contributed by atoms with Crippen molar-refractivity contribution in [2.75, 3.05) is 0 Å². The van der Waals surface area contributed by atoms with Crippen LogP contribution >= 0.6 is 0 Å². The number of hydrogen-bond acceptors (Lipinski definition) is 0. The maximum atomic E-state index is 12.8. The summed E-state index contributed by atoms with van der Waals surface area (Å²) in [7, 11) is 0. The minimum Gasteiger partial charge on any atom is -0.493 e. The number of hydrogen-bond donors (Lipinski definition) is 0. The SMILES string of the molecule is CCCC#Cc1cc(C#CCCC)cc(C2=C(CCCC)C(CCCCC)=C(c3cc(C#CCCCCCCCCCCCCCCCCCCCCCC)cc(C#CCCCCCCCCCCCCCCCCCCCCCC)c3)[N+]2=[N-])c1.[CH2-]CCCCCCCCCCCCCCCCCCCC.[CH2-]CCCCCCCCCCCCCCCCCCCC.[Pd+2]. The van der Waals surface area contributed by atoms with Crippen LogP contribution < -0.4 is 0 Å². The molecule has 736 valence electrons. The van der Waals surface area contributed by atoms with Gasteiger partial charge in [-0.3, -0.25) is 0 Å². The Bertz CT molecular complexity index is 2850. The Balaban J connectivity index is 0.00000304. The first-order valence-corrected chi connectivity index (χ1v) is 57.6. The quantitative estimate of drug-likeness (QED) is 0.0207. The van der Waals surface area contributed by atoms with E-state index in [-0.39, 0.29) is 20.4 Å². The molecule has 3 rings (SSSR count). The van der Waals surface area contributed by atoms with Gasteiger partial charge in [-0.2, -0.15) is 12.8 Å². The van der Waals surface area contributed by atoms with Crippen molar-refractivity contribution in [2.24, 2.45) is 0 Å². The van der Waals surface area contributed by atoms with Gasteiger partial charge < -0.3 is 19.4 Å². The minimum atomic E-state index is 0. The van der Waals surface area contributed by atoms with Crippen LogP contribution in [0.25, 0.3) is 16.9 Å². The average molecular weight is 1850 g/mol. The zero-order chi connectivity index (χ0) is 91.6. The Morgan fingerprint density at radius 3 is 0.547 bits per heavy atom. The molecular formula is C125H216N2Pd. The fourth-order valence-electron chi connectivity index (χ4n) is 18.5. The summed E-state index contributed by atoms with van der Waals surface area (Å²) in [6, 6.07) is 13.2. The van der Waals surface area contributed by atoms with E-state index < -0.39 is 0 Å². The molecule has 1 aliphatic heterocycles. The van der Waals surface area contributed by atoms with E-state index in [4.69, 9.17) is 0 Å². The summed E-state index contributed by atoms with van der Waals surface area (Å²) in [5, 5.41) is 0. The molecule has 128 heavy (non-hydrogen) atoms. The molecule has 2 aromatic rings. The number of allylic oxidation sites excluding steroid dienone is 2. The molecule has 1 aliphatic rings. The van der Waals surface area contributed by atoms with Crippen LogP contribution in [0, 0.1) is 61.2 Å². The van der Waals surface area contributed by atoms with Gasteiger partial charge in [0.2, 0.25) is 11.4 Å². The average Bonchev–Trinajstić information content (AvgIpc) is 1.60. The third-order valence-corrected chi connectivity index (χ3v) is 26.8. The van der Waals surface area contributed by atoms with Crippen LogP contribution in [0.3, 0.4) is 0 Å². The molecule has 0 saturated carbocycles. The predicted octanol–water partition coefficient (Wildman–Crippen LogP) is 43.6. The molecule has 0 atom stereocenters. The zero-order valence-corrected chi connectivity index (χ0v) is 89.0. The molecule has 0 unspecified atom stereocenters. The van der Waals surface area contributed by atoms with Crippen LogP contribution in [0.5, 0.6) is 0 Å². The van der Waals surface area contributed by atoms with Gasteiger partial charge in [0.15, 0.2) is 0 Å². The van der Waals surface area contributed by atoms with Gasteiger partial charge in [0.25, 0.3) is 0 Å². The smallest absolute Gasteiger partial charge is 0.493 e. The summed E-state index contributed by atoms with van der Waals surface area (Å²) in [6.07, 6.45) is 123. The van der Waals surface area contributed by atoms with Crippen molar-refractivity contribution >= 4 is 11.4 Å². The molecule has 0 amide bonds. The van der Waals surface area contributed by atoms with Crippen molar-refractivity contribution in [3.05, 3.63) is 100 Å². The van der Waals surface area contributed by atoms with E-state index >= 15 is 0 Å². The van der Waals surface area contributed by atoms with Crippen molar-refractivity contribution in [3.8, 4) is 47.4 Å². The van der Waals surface area contributed by atoms with Gasteiger partial charge >= 0.3 is 20.4 Å². The summed E-state index contributed by atoms with van der Waals surface area (Å²) in [4.78, 5) is 0. The summed E-state index contributed by atoms with van der Waals surface area (Å²) in [5.41, 5.74) is 23.0. The maximum absolute atomic E-state index is 12.8. The summed E-state index contributed by atoms with van der Waals surface area (Å²) in [5.74, 6) is 28.2. The van der Waals surface area contributed by atoms with Crippen LogP contribution in [-0.4, -0.2) is 4.70 Å². The second kappa shape index (κ2) is 102. The molecule has 0 saturated heterocycles. The summed E-state index contributed by atoms with van der Waals surface area (Å²) >= 11 is 0. The number of nitrogens with zero attached hydrogens (tertiary/aromatic N) is 2. The second-order valence-electron chi connectivity index (χ2n) is 39.5. The van der Waals surface area contributed by atoms with Gasteiger partial charge in [0.05, 0.1) is 0 Å². The first-order chi connectivity index (χ1) is 62.8. The van der Waals surface area contributed by atoms with Gasteiger partial charge in [-0.25, -0.2) is 4.70 Å². The van der Waals surface area contributed by atoms with E-state index in [1.165, 1.54) is 491 Å². The molecular weight excluding hydrogens is 1640 g/mol. The largest absolute Gasteiger partial charge is 2.00 e. The fraction of sp³-hybridized carbons (Fsp3) is 0.792. The zero-order valence-electron chi connectivity index (χ0n) is 87.4. The topological polar surface area (TPSA) is 25.3 Å². The molecule has 0 spiro atoms. The second-order valence-corrected chi connectivity index (χ2v) is 39.5. The number of rotatable bonds is 87. The van der Waals surface area contributed by atoms with Gasteiger partial charge in [-0.15, -0.1) is 0 Å². The Kier molecular flexibility index (Phi) is 99.5. The normalized spacial score (nSPS) is 11.7. The molecule has 1 heterocycles. The van der Waals surface area contributed by atoms with Crippen LogP contribution in [0.4, 0.5) is 0 Å². The third kappa shape index (κ3) is 78.7. The first-order valence-electron chi connectivity index (χ1n) is 57.6. The molecule has 2 aromatic carbocycles. The molecule has 0 aromatic heterocycles. The number of unbranched alkanes of at least 4 members (excludes halogenated alkanes) is 81. The Hall–Kier alpha value is -3.58. The van der Waals surface area contributed by atoms with Gasteiger partial charge in [-0.1, -0.05) is 597 Å². The van der Waals surface area contributed by atoms with E-state index in [1.807, 2.05) is 0 Å². The molecule has 0 fully saturated rings. The predicted molar refractivity (Wildman–Crippen MR) is 574 cm³/mol. The fourth-order valence-corrected chi connectivity index (χ4v) is 18.5. The van der Waals surface area contributed by atoms with Gasteiger partial charge in [-0.05, 0) is 87.8 Å². The Morgan fingerprint density at radius 2 is 0.359 bits per heavy atom. The van der Waals surface area contributed by atoms with E-state index in [0.29, 0.717) is 0 Å². The minimum absolute atomic E-state index is 0. The molecule has 0 aliphatic carbocycles. The van der Waals surface area contributed by atoms with Crippen molar-refractivity contribution < 1.29 is 25.1 Å². The molecule has 2 nitrogen and oxygen atoms in total. The standard InChI is InChI=1S/C83H130N2.2C21H43.Pd/c1-7-13-19-21-23-25-27-29-31-33-35-37-39-41-43-45-47-49-51-53-55-60-64-76-69-77(65-61-56-54-52-50-48-46-44-42-40-38-36-34-32-30-28-26-24-22-20-14-8-2)73-79(72-76)83-81(67-59-17-11-5)80(66-18-12-6)82(85(83)84)78-70-74(62-57-15-9-3)68-75(71-78)63-58-16-10-4;2*1-3-5-7-9-11-13-15-17-19-21-20-18-16-14-12-10-8-6-4-2;/h68-73H,7-56,59,66-67H2,1-6H3;2*1,3-21H2,2H3;/q;2*-1;+2. The van der Waals surface area contributed by atoms with Crippen LogP contribution in [0.1, 0.15) is 673 Å². The third-order valence-electron chi connectivity index (χ3n) is 26.8. The van der Waals surface area contributed by atoms with E-state index in [0.717, 1.165) is 154 Å². The van der Waals surface area contributed by atoms with Crippen LogP contribution in [0.2, 0.25) is 0 Å². The van der Waals surface area contributed by atoms with Crippen molar-refractivity contribution in [2.45, 2.75) is 640 Å². The van der Waals surface area contributed by atoms with E-state index in [9.17, 15) is 5.53 Å². The summed E-state index contributed by atoms with van der Waals surface area (Å²) in [6.45, 7) is 25.9. The van der Waals surface area contributed by atoms with Crippen LogP contribution in [0.15, 0.2) is 47.5 Å². The first kappa shape index (κ1) is 124. The van der Waals surface area contributed by atoms with E-state index in [2.05, 4.69) is 153 Å². The van der Waals surface area contributed by atoms with Crippen molar-refractivity contribution in [1.82, 2.24) is 0 Å². The molecule has 0 radical (unpaired) electrons. The van der Waals surface area contributed by atoms with Crippen molar-refractivity contribution in [3.63, 3.8) is 0 Å². The van der Waals surface area contributed by atoms with E-state index in [1.54, 1.807) is 0 Å². The Labute approximate surface area is 818 Å². The van der Waals surface area contributed by atoms with Crippen molar-refractivity contribution in [1.29, 1.82) is 0 Å². The van der Waals surface area contributed by atoms with Crippen LogP contribution in [-0.2, 0) is 20.4 Å². The van der Waals surface area contributed by atoms with Gasteiger partial charge in [0.1, 0.15) is 0 Å². The van der Waals surface area contributed by atoms with Gasteiger partial charge in [0, 0.05) is 70.2 Å². The maximum Gasteiger partial charge on any atom is 2.00 e. The molecule has 0 N–H and O–H groups in total. The molecule has 0 bridgehead atoms. The summed E-state index contributed by atoms with van der Waals surface area (Å²) < 4.78 is 1.54. The monoisotopic (exact) mass is 1850 g/mol. The Morgan fingerprint density at radius 1 is 0.195 bits per heavy atom. The molecule has 3 heteroatoms. The number of benzene rings is 2.